The second kappa shape index (κ2) is 10.3. The Labute approximate surface area is 121 Å². The normalized spacial score (nSPS) is 10.3. The van der Waals surface area contributed by atoms with E-state index in [1.54, 1.807) is 12.1 Å². The van der Waals surface area contributed by atoms with Crippen molar-refractivity contribution in [1.82, 2.24) is 5.32 Å². The van der Waals surface area contributed by atoms with E-state index < -0.39 is 0 Å². The van der Waals surface area contributed by atoms with Gasteiger partial charge >= 0.3 is 0 Å². The van der Waals surface area contributed by atoms with Crippen LogP contribution >= 0.6 is 0 Å². The van der Waals surface area contributed by atoms with Gasteiger partial charge in [-0.05, 0) is 37.5 Å². The maximum absolute atomic E-state index is 12.0. The van der Waals surface area contributed by atoms with Crippen LogP contribution in [-0.4, -0.2) is 30.8 Å². The number of rotatable bonds is 10. The molecule has 1 aromatic carbocycles. The van der Waals surface area contributed by atoms with E-state index in [9.17, 15) is 4.79 Å². The summed E-state index contributed by atoms with van der Waals surface area (Å²) < 4.78 is 5.51. The van der Waals surface area contributed by atoms with Gasteiger partial charge in [-0.1, -0.05) is 25.8 Å². The fourth-order valence-electron chi connectivity index (χ4n) is 1.84. The first-order chi connectivity index (χ1) is 9.77. The minimum Gasteiger partial charge on any atom is -0.494 e. The molecule has 0 saturated carbocycles. The molecule has 1 rings (SSSR count). The minimum absolute atomic E-state index is 0.0610. The first-order valence-corrected chi connectivity index (χ1v) is 7.40. The Bertz CT molecular complexity index is 393. The van der Waals surface area contributed by atoms with Gasteiger partial charge in [0.1, 0.15) is 5.75 Å². The first-order valence-electron chi connectivity index (χ1n) is 7.40. The van der Waals surface area contributed by atoms with E-state index in [-0.39, 0.29) is 12.5 Å². The number of ether oxygens (including phenoxy) is 1. The van der Waals surface area contributed by atoms with E-state index in [2.05, 4.69) is 5.32 Å². The zero-order valence-electron chi connectivity index (χ0n) is 12.2. The van der Waals surface area contributed by atoms with Gasteiger partial charge in [0.05, 0.1) is 6.61 Å². The van der Waals surface area contributed by atoms with Gasteiger partial charge in [-0.2, -0.15) is 0 Å². The van der Waals surface area contributed by atoms with Crippen LogP contribution < -0.4 is 10.1 Å². The van der Waals surface area contributed by atoms with E-state index in [4.69, 9.17) is 9.84 Å². The van der Waals surface area contributed by atoms with Crippen LogP contribution in [0.2, 0.25) is 0 Å². The van der Waals surface area contributed by atoms with Crippen molar-refractivity contribution in [1.29, 1.82) is 0 Å². The molecule has 0 aromatic heterocycles. The fourth-order valence-corrected chi connectivity index (χ4v) is 1.84. The lowest BCUT2D eigenvalue weighted by atomic mass is 10.2. The predicted octanol–water partition coefficient (Wildman–Crippen LogP) is 2.76. The molecule has 0 aliphatic rings. The van der Waals surface area contributed by atoms with Crippen LogP contribution in [0.1, 0.15) is 49.4 Å². The van der Waals surface area contributed by atoms with Crippen LogP contribution in [0, 0.1) is 0 Å². The molecule has 0 aliphatic heterocycles. The van der Waals surface area contributed by atoms with Crippen molar-refractivity contribution >= 4 is 5.91 Å². The number of unbranched alkanes of at least 4 members (excludes halogenated alkanes) is 3. The van der Waals surface area contributed by atoms with Crippen molar-refractivity contribution in [3.8, 4) is 5.75 Å². The fraction of sp³-hybridized carbons (Fsp3) is 0.562. The lowest BCUT2D eigenvalue weighted by molar-refractivity contribution is 0.0952. The highest BCUT2D eigenvalue weighted by Gasteiger charge is 2.05. The molecule has 112 valence electrons. The maximum Gasteiger partial charge on any atom is 0.251 e. The second-order valence-corrected chi connectivity index (χ2v) is 4.77. The van der Waals surface area contributed by atoms with Gasteiger partial charge in [-0.25, -0.2) is 0 Å². The van der Waals surface area contributed by atoms with Crippen molar-refractivity contribution in [2.45, 2.75) is 39.0 Å². The number of nitrogens with one attached hydrogen (secondary N) is 1. The number of hydrogen-bond acceptors (Lipinski definition) is 3. The molecule has 0 aliphatic carbocycles. The summed E-state index contributed by atoms with van der Waals surface area (Å²) in [6.07, 6.45) is 4.76. The SMILES string of the molecule is CCCOc1cccc(C(=O)NCCCCCCO)c1. The van der Waals surface area contributed by atoms with Gasteiger partial charge in [0, 0.05) is 18.7 Å². The molecule has 2 N–H and O–H groups in total. The summed E-state index contributed by atoms with van der Waals surface area (Å²) in [5.74, 6) is 0.677. The van der Waals surface area contributed by atoms with Gasteiger partial charge in [0.2, 0.25) is 0 Å². The summed E-state index contributed by atoms with van der Waals surface area (Å²) in [7, 11) is 0. The van der Waals surface area contributed by atoms with Gasteiger partial charge in [0.25, 0.3) is 5.91 Å². The third kappa shape index (κ3) is 6.57. The molecule has 0 bridgehead atoms. The van der Waals surface area contributed by atoms with Crippen molar-refractivity contribution in [3.63, 3.8) is 0 Å². The lowest BCUT2D eigenvalue weighted by Crippen LogP contribution is -2.24. The lowest BCUT2D eigenvalue weighted by Gasteiger charge is -2.08. The number of aliphatic hydroxyl groups is 1. The Morgan fingerprint density at radius 2 is 2.05 bits per heavy atom. The number of aliphatic hydroxyl groups excluding tert-OH is 1. The van der Waals surface area contributed by atoms with E-state index in [0.717, 1.165) is 37.9 Å². The highest BCUT2D eigenvalue weighted by molar-refractivity contribution is 5.94. The monoisotopic (exact) mass is 279 g/mol. The van der Waals surface area contributed by atoms with E-state index in [1.807, 2.05) is 19.1 Å². The van der Waals surface area contributed by atoms with Crippen LogP contribution in [0.3, 0.4) is 0 Å². The standard InChI is InChI=1S/C16H25NO3/c1-2-12-20-15-9-7-8-14(13-15)16(19)17-10-5-3-4-6-11-18/h7-9,13,18H,2-6,10-12H2,1H3,(H,17,19). The Balaban J connectivity index is 2.31. The van der Waals surface area contributed by atoms with E-state index in [1.165, 1.54) is 0 Å². The van der Waals surface area contributed by atoms with E-state index >= 15 is 0 Å². The molecule has 4 heteroatoms. The molecule has 1 amide bonds. The second-order valence-electron chi connectivity index (χ2n) is 4.77. The Morgan fingerprint density at radius 3 is 2.80 bits per heavy atom. The highest BCUT2D eigenvalue weighted by atomic mass is 16.5. The number of benzene rings is 1. The van der Waals surface area contributed by atoms with Gasteiger partial charge in [-0.3, -0.25) is 4.79 Å². The predicted molar refractivity (Wildman–Crippen MR) is 80.1 cm³/mol. The van der Waals surface area contributed by atoms with Crippen LogP contribution in [0.15, 0.2) is 24.3 Å². The zero-order chi connectivity index (χ0) is 14.6. The minimum atomic E-state index is -0.0610. The van der Waals surface area contributed by atoms with Crippen molar-refractivity contribution in [2.75, 3.05) is 19.8 Å². The molecule has 0 spiro atoms. The van der Waals surface area contributed by atoms with Crippen LogP contribution in [0.4, 0.5) is 0 Å². The van der Waals surface area contributed by atoms with Crippen molar-refractivity contribution in [2.24, 2.45) is 0 Å². The summed E-state index contributed by atoms with van der Waals surface area (Å²) in [5, 5.41) is 11.6. The van der Waals surface area contributed by atoms with Crippen molar-refractivity contribution < 1.29 is 14.6 Å². The van der Waals surface area contributed by atoms with Gasteiger partial charge in [-0.15, -0.1) is 0 Å². The maximum atomic E-state index is 12.0. The Hall–Kier alpha value is -1.55. The average molecular weight is 279 g/mol. The van der Waals surface area contributed by atoms with Crippen LogP contribution in [-0.2, 0) is 0 Å². The topological polar surface area (TPSA) is 58.6 Å². The summed E-state index contributed by atoms with van der Waals surface area (Å²) >= 11 is 0. The third-order valence-electron chi connectivity index (χ3n) is 2.94. The molecule has 1 aromatic rings. The molecule has 0 unspecified atom stereocenters. The zero-order valence-corrected chi connectivity index (χ0v) is 12.2. The summed E-state index contributed by atoms with van der Waals surface area (Å²) in [6, 6.07) is 7.26. The molecule has 20 heavy (non-hydrogen) atoms. The average Bonchev–Trinajstić information content (AvgIpc) is 2.48. The van der Waals surface area contributed by atoms with Gasteiger partial charge < -0.3 is 15.2 Å². The van der Waals surface area contributed by atoms with Crippen molar-refractivity contribution in [3.05, 3.63) is 29.8 Å². The number of carbonyl (C=O) groups excluding carboxylic acids is 1. The smallest absolute Gasteiger partial charge is 0.251 e. The molecule has 4 nitrogen and oxygen atoms in total. The number of carbonyl (C=O) groups is 1. The van der Waals surface area contributed by atoms with E-state index in [0.29, 0.717) is 18.7 Å². The summed E-state index contributed by atoms with van der Waals surface area (Å²) in [6.45, 7) is 3.63. The quantitative estimate of drug-likeness (QED) is 0.647. The summed E-state index contributed by atoms with van der Waals surface area (Å²) in [4.78, 5) is 12.0. The molecular weight excluding hydrogens is 254 g/mol. The van der Waals surface area contributed by atoms with Gasteiger partial charge in [0.15, 0.2) is 0 Å². The summed E-state index contributed by atoms with van der Waals surface area (Å²) in [5.41, 5.74) is 0.633. The first kappa shape index (κ1) is 16.5. The molecule has 0 saturated heterocycles. The Kier molecular flexibility index (Phi) is 8.47. The number of hydrogen-bond donors (Lipinski definition) is 2. The third-order valence-corrected chi connectivity index (χ3v) is 2.94. The van der Waals surface area contributed by atoms with Crippen LogP contribution in [0.25, 0.3) is 0 Å². The molecule has 0 radical (unpaired) electrons. The molecule has 0 atom stereocenters. The Morgan fingerprint density at radius 1 is 1.25 bits per heavy atom. The molecule has 0 fully saturated rings. The number of amides is 1. The largest absolute Gasteiger partial charge is 0.494 e. The molecular formula is C16H25NO3. The molecule has 0 heterocycles. The van der Waals surface area contributed by atoms with Crippen LogP contribution in [0.5, 0.6) is 5.75 Å². The highest BCUT2D eigenvalue weighted by Crippen LogP contribution is 2.13.